The van der Waals surface area contributed by atoms with Gasteiger partial charge in [-0.2, -0.15) is 4.31 Å². The van der Waals surface area contributed by atoms with E-state index in [1.54, 1.807) is 43.5 Å². The summed E-state index contributed by atoms with van der Waals surface area (Å²) < 4.78 is 37.0. The molecule has 1 N–H and O–H groups in total. The molecule has 7 nitrogen and oxygen atoms in total. The summed E-state index contributed by atoms with van der Waals surface area (Å²) >= 11 is 0. The third-order valence-electron chi connectivity index (χ3n) is 4.53. The zero-order chi connectivity index (χ0) is 20.0. The van der Waals surface area contributed by atoms with Gasteiger partial charge in [-0.15, -0.1) is 0 Å². The van der Waals surface area contributed by atoms with Gasteiger partial charge in [0.15, 0.2) is 0 Å². The molecule has 8 heteroatoms. The van der Waals surface area contributed by atoms with Gasteiger partial charge in [0.2, 0.25) is 15.9 Å². The molecule has 1 amide bonds. The number of carbonyl (C=O) groups excluding carboxylic acids is 1. The zero-order valence-electron chi connectivity index (χ0n) is 15.8. The summed E-state index contributed by atoms with van der Waals surface area (Å²) in [6.45, 7) is 1.57. The van der Waals surface area contributed by atoms with Crippen LogP contribution in [0, 0.1) is 0 Å². The van der Waals surface area contributed by atoms with Gasteiger partial charge in [0.25, 0.3) is 0 Å². The first-order valence-electron chi connectivity index (χ1n) is 9.10. The number of amides is 1. The van der Waals surface area contributed by atoms with Gasteiger partial charge in [-0.05, 0) is 36.2 Å². The second kappa shape index (κ2) is 9.18. The monoisotopic (exact) mass is 404 g/mol. The van der Waals surface area contributed by atoms with Crippen molar-refractivity contribution in [2.24, 2.45) is 0 Å². The second-order valence-electron chi connectivity index (χ2n) is 6.44. The maximum atomic E-state index is 12.6. The summed E-state index contributed by atoms with van der Waals surface area (Å²) in [5, 5.41) is 2.83. The molecular weight excluding hydrogens is 380 g/mol. The van der Waals surface area contributed by atoms with E-state index in [0.29, 0.717) is 50.6 Å². The van der Waals surface area contributed by atoms with Crippen molar-refractivity contribution in [2.75, 3.05) is 38.7 Å². The van der Waals surface area contributed by atoms with Crippen LogP contribution in [0.25, 0.3) is 0 Å². The largest absolute Gasteiger partial charge is 0.497 e. The predicted molar refractivity (Wildman–Crippen MR) is 106 cm³/mol. The molecule has 0 aromatic heterocycles. The molecule has 2 aromatic carbocycles. The molecule has 3 rings (SSSR count). The van der Waals surface area contributed by atoms with Crippen LogP contribution in [0.4, 0.5) is 5.69 Å². The quantitative estimate of drug-likeness (QED) is 0.765. The average Bonchev–Trinajstić information content (AvgIpc) is 2.73. The molecule has 1 aliphatic heterocycles. The minimum absolute atomic E-state index is 0.113. The van der Waals surface area contributed by atoms with Crippen molar-refractivity contribution in [3.8, 4) is 5.75 Å². The molecule has 0 radical (unpaired) electrons. The first-order chi connectivity index (χ1) is 13.5. The van der Waals surface area contributed by atoms with E-state index in [1.807, 2.05) is 12.1 Å². The lowest BCUT2D eigenvalue weighted by Crippen LogP contribution is -2.40. The molecule has 0 bridgehead atoms. The van der Waals surface area contributed by atoms with E-state index in [0.717, 1.165) is 5.56 Å². The lowest BCUT2D eigenvalue weighted by molar-refractivity contribution is -0.116. The van der Waals surface area contributed by atoms with E-state index in [1.165, 1.54) is 4.31 Å². The molecule has 150 valence electrons. The lowest BCUT2D eigenvalue weighted by Gasteiger charge is -2.26. The molecule has 1 fully saturated rings. The van der Waals surface area contributed by atoms with Crippen molar-refractivity contribution < 1.29 is 22.7 Å². The smallest absolute Gasteiger partial charge is 0.243 e. The molecule has 0 spiro atoms. The SMILES string of the molecule is COc1cccc(NC(=O)CCc2ccc(S(=O)(=O)N3CCOCC3)cc2)c1. The van der Waals surface area contributed by atoms with Crippen LogP contribution in [0.5, 0.6) is 5.75 Å². The topological polar surface area (TPSA) is 84.9 Å². The van der Waals surface area contributed by atoms with Gasteiger partial charge < -0.3 is 14.8 Å². The Morgan fingerprint density at radius 3 is 2.54 bits per heavy atom. The average molecular weight is 404 g/mol. The fraction of sp³-hybridized carbons (Fsp3) is 0.350. The van der Waals surface area contributed by atoms with Crippen LogP contribution >= 0.6 is 0 Å². The normalized spacial score (nSPS) is 15.2. The number of anilines is 1. The highest BCUT2D eigenvalue weighted by Crippen LogP contribution is 2.19. The van der Waals surface area contributed by atoms with Crippen LogP contribution in [0.2, 0.25) is 0 Å². The summed E-state index contributed by atoms with van der Waals surface area (Å²) in [6.07, 6.45) is 0.820. The molecule has 1 heterocycles. The first-order valence-corrected chi connectivity index (χ1v) is 10.5. The molecule has 0 saturated carbocycles. The van der Waals surface area contributed by atoms with Crippen LogP contribution in [-0.4, -0.2) is 52.0 Å². The van der Waals surface area contributed by atoms with Gasteiger partial charge in [-0.1, -0.05) is 18.2 Å². The van der Waals surface area contributed by atoms with Crippen molar-refractivity contribution in [2.45, 2.75) is 17.7 Å². The third-order valence-corrected chi connectivity index (χ3v) is 6.44. The molecule has 0 atom stereocenters. The van der Waals surface area contributed by atoms with Gasteiger partial charge in [0.05, 0.1) is 25.2 Å². The van der Waals surface area contributed by atoms with Crippen LogP contribution in [-0.2, 0) is 26.0 Å². The van der Waals surface area contributed by atoms with Crippen molar-refractivity contribution in [1.29, 1.82) is 0 Å². The number of methoxy groups -OCH3 is 1. The number of nitrogens with zero attached hydrogens (tertiary/aromatic N) is 1. The summed E-state index contributed by atoms with van der Waals surface area (Å²) in [7, 11) is -1.92. The number of carbonyl (C=O) groups is 1. The maximum Gasteiger partial charge on any atom is 0.243 e. The van der Waals surface area contributed by atoms with E-state index in [-0.39, 0.29) is 10.8 Å². The number of sulfonamides is 1. The maximum absolute atomic E-state index is 12.6. The number of hydrogen-bond acceptors (Lipinski definition) is 5. The number of rotatable bonds is 7. The van der Waals surface area contributed by atoms with Gasteiger partial charge in [-0.25, -0.2) is 8.42 Å². The van der Waals surface area contributed by atoms with E-state index in [4.69, 9.17) is 9.47 Å². The molecule has 0 unspecified atom stereocenters. The standard InChI is InChI=1S/C20H24N2O5S/c1-26-18-4-2-3-17(15-18)21-20(23)10-7-16-5-8-19(9-6-16)28(24,25)22-11-13-27-14-12-22/h2-6,8-9,15H,7,10-14H2,1H3,(H,21,23). The molecule has 28 heavy (non-hydrogen) atoms. The molecule has 1 aliphatic rings. The number of morpholine rings is 1. The Balaban J connectivity index is 1.56. The fourth-order valence-corrected chi connectivity index (χ4v) is 4.35. The Hall–Kier alpha value is -2.42. The molecular formula is C20H24N2O5S. The Kier molecular flexibility index (Phi) is 6.66. The lowest BCUT2D eigenvalue weighted by atomic mass is 10.1. The number of aryl methyl sites for hydroxylation is 1. The van der Waals surface area contributed by atoms with Crippen molar-refractivity contribution >= 4 is 21.6 Å². The van der Waals surface area contributed by atoms with Gasteiger partial charge in [0, 0.05) is 31.3 Å². The number of ether oxygens (including phenoxy) is 2. The fourth-order valence-electron chi connectivity index (χ4n) is 2.95. The Morgan fingerprint density at radius 2 is 1.86 bits per heavy atom. The minimum Gasteiger partial charge on any atom is -0.497 e. The number of hydrogen-bond donors (Lipinski definition) is 1. The Labute approximate surface area is 165 Å². The highest BCUT2D eigenvalue weighted by Gasteiger charge is 2.26. The zero-order valence-corrected chi connectivity index (χ0v) is 16.6. The van der Waals surface area contributed by atoms with Crippen LogP contribution in [0.3, 0.4) is 0 Å². The summed E-state index contributed by atoms with van der Waals surface area (Å²) in [5.74, 6) is 0.563. The summed E-state index contributed by atoms with van der Waals surface area (Å²) in [6, 6.07) is 13.9. The van der Waals surface area contributed by atoms with Crippen LogP contribution in [0.1, 0.15) is 12.0 Å². The van der Waals surface area contributed by atoms with Gasteiger partial charge >= 0.3 is 0 Å². The third kappa shape index (κ3) is 5.09. The highest BCUT2D eigenvalue weighted by atomic mass is 32.2. The minimum atomic E-state index is -3.50. The van der Waals surface area contributed by atoms with E-state index in [9.17, 15) is 13.2 Å². The summed E-state index contributed by atoms with van der Waals surface area (Å²) in [5.41, 5.74) is 1.58. The van der Waals surface area contributed by atoms with E-state index < -0.39 is 10.0 Å². The van der Waals surface area contributed by atoms with Crippen LogP contribution < -0.4 is 10.1 Å². The second-order valence-corrected chi connectivity index (χ2v) is 8.38. The predicted octanol–water partition coefficient (Wildman–Crippen LogP) is 2.29. The van der Waals surface area contributed by atoms with Crippen molar-refractivity contribution in [3.05, 3.63) is 54.1 Å². The van der Waals surface area contributed by atoms with Crippen molar-refractivity contribution in [1.82, 2.24) is 4.31 Å². The highest BCUT2D eigenvalue weighted by molar-refractivity contribution is 7.89. The number of nitrogens with one attached hydrogen (secondary N) is 1. The van der Waals surface area contributed by atoms with Crippen molar-refractivity contribution in [3.63, 3.8) is 0 Å². The molecule has 0 aliphatic carbocycles. The van der Waals surface area contributed by atoms with E-state index >= 15 is 0 Å². The Bertz CT molecular complexity index is 906. The number of benzene rings is 2. The van der Waals surface area contributed by atoms with E-state index in [2.05, 4.69) is 5.32 Å². The molecule has 1 saturated heterocycles. The first kappa shape index (κ1) is 20.3. The van der Waals surface area contributed by atoms with Gasteiger partial charge in [0.1, 0.15) is 5.75 Å². The van der Waals surface area contributed by atoms with Gasteiger partial charge in [-0.3, -0.25) is 4.79 Å². The molecule has 2 aromatic rings. The Morgan fingerprint density at radius 1 is 1.14 bits per heavy atom. The summed E-state index contributed by atoms with van der Waals surface area (Å²) in [4.78, 5) is 12.4. The van der Waals surface area contributed by atoms with Crippen LogP contribution in [0.15, 0.2) is 53.4 Å².